The molecule has 1 aliphatic rings. The Hall–Kier alpha value is -3.17. The summed E-state index contributed by atoms with van der Waals surface area (Å²) < 4.78 is 5.35. The highest BCUT2D eigenvalue weighted by atomic mass is 35.5. The first-order valence-electron chi connectivity index (χ1n) is 15.3. The number of carboxylic acid groups (broad SMARTS) is 1. The van der Waals surface area contributed by atoms with Crippen molar-refractivity contribution in [1.82, 2.24) is 9.80 Å². The van der Waals surface area contributed by atoms with Gasteiger partial charge in [0.25, 0.3) is 0 Å². The Morgan fingerprint density at radius 1 is 0.911 bits per heavy atom. The smallest absolute Gasteiger partial charge is 0.337 e. The molecule has 4 aromatic carbocycles. The third-order valence-corrected chi connectivity index (χ3v) is 9.01. The van der Waals surface area contributed by atoms with Gasteiger partial charge < -0.3 is 20.1 Å². The molecule has 0 unspecified atom stereocenters. The highest BCUT2D eigenvalue weighted by Crippen LogP contribution is 2.35. The Kier molecular flexibility index (Phi) is 13.1. The number of carboxylic acids is 1. The molecular weight excluding hydrogens is 611 g/mol. The van der Waals surface area contributed by atoms with Crippen molar-refractivity contribution < 1.29 is 24.9 Å². The van der Waals surface area contributed by atoms with Gasteiger partial charge in [0.2, 0.25) is 0 Å². The van der Waals surface area contributed by atoms with E-state index in [2.05, 4.69) is 53.1 Å². The maximum Gasteiger partial charge on any atom is 0.337 e. The largest absolute Gasteiger partial charge is 0.495 e. The number of aliphatic carboxylic acids is 1. The molecule has 4 aromatic rings. The van der Waals surface area contributed by atoms with Gasteiger partial charge in [-0.2, -0.15) is 0 Å². The van der Waals surface area contributed by atoms with Crippen LogP contribution < -0.4 is 4.74 Å². The van der Waals surface area contributed by atoms with Crippen molar-refractivity contribution in [2.75, 3.05) is 33.3 Å². The molecule has 3 atom stereocenters. The van der Waals surface area contributed by atoms with E-state index in [1.54, 1.807) is 19.2 Å². The van der Waals surface area contributed by atoms with E-state index < -0.39 is 18.2 Å². The number of hydrogen-bond acceptors (Lipinski definition) is 6. The van der Waals surface area contributed by atoms with Gasteiger partial charge in [-0.1, -0.05) is 110 Å². The first-order valence-corrected chi connectivity index (χ1v) is 16.1. The van der Waals surface area contributed by atoms with Gasteiger partial charge in [0.05, 0.1) is 18.2 Å². The lowest BCUT2D eigenvalue weighted by atomic mass is 9.94. The number of rotatable bonds is 11. The average molecular weight is 654 g/mol. The number of aliphatic hydroxyl groups excluding tert-OH is 2. The number of unbranched alkanes of at least 4 members (excludes halogenated alkanes) is 1. The molecule has 0 aliphatic carbocycles. The lowest BCUT2D eigenvalue weighted by molar-refractivity contribution is -0.146. The van der Waals surface area contributed by atoms with E-state index in [0.29, 0.717) is 10.8 Å². The number of carbonyl (C=O) groups is 1. The normalized spacial score (nSPS) is 16.0. The molecule has 1 heterocycles. The van der Waals surface area contributed by atoms with E-state index in [-0.39, 0.29) is 16.6 Å². The molecule has 45 heavy (non-hydrogen) atoms. The zero-order chi connectivity index (χ0) is 32.3. The lowest BCUT2D eigenvalue weighted by Gasteiger charge is -2.41. The summed E-state index contributed by atoms with van der Waals surface area (Å²) in [5.41, 5.74) is 2.53. The second-order valence-electron chi connectivity index (χ2n) is 11.3. The van der Waals surface area contributed by atoms with Crippen molar-refractivity contribution in [1.29, 1.82) is 0 Å². The molecule has 0 aromatic heterocycles. The summed E-state index contributed by atoms with van der Waals surface area (Å²) in [5, 5.41) is 31.9. The van der Waals surface area contributed by atoms with E-state index in [1.165, 1.54) is 17.7 Å². The molecule has 0 radical (unpaired) electrons. The third kappa shape index (κ3) is 9.19. The molecule has 240 valence electrons. The molecule has 0 bridgehead atoms. The Morgan fingerprint density at radius 3 is 2.24 bits per heavy atom. The fourth-order valence-electron chi connectivity index (χ4n) is 5.73. The van der Waals surface area contributed by atoms with E-state index in [9.17, 15) is 9.90 Å². The number of fused-ring (bicyclic) bond motifs is 1. The van der Waals surface area contributed by atoms with Gasteiger partial charge in [-0.25, -0.2) is 4.79 Å². The maximum absolute atomic E-state index is 11.5. The number of methoxy groups -OCH3 is 1. The Morgan fingerprint density at radius 2 is 1.60 bits per heavy atom. The molecule has 9 heteroatoms. The van der Waals surface area contributed by atoms with E-state index in [4.69, 9.17) is 38.2 Å². The van der Waals surface area contributed by atoms with Crippen molar-refractivity contribution in [2.24, 2.45) is 0 Å². The van der Waals surface area contributed by atoms with Crippen LogP contribution in [0.4, 0.5) is 0 Å². The molecule has 1 saturated heterocycles. The SMILES string of the molecule is CCCC[C@H]([C@H](O)c1ccc2c(Cl)c(OC)ccc2c1)N1CCN(Cc2ccccc2)CC1.O=C(O)[C@@H](O)c1ccccc1Cl. The predicted molar refractivity (Wildman–Crippen MR) is 181 cm³/mol. The number of aliphatic hydroxyl groups is 2. The summed E-state index contributed by atoms with van der Waals surface area (Å²) in [6, 6.07) is 27.1. The van der Waals surface area contributed by atoms with E-state index in [0.717, 1.165) is 68.3 Å². The average Bonchev–Trinajstić information content (AvgIpc) is 3.06. The van der Waals surface area contributed by atoms with Crippen LogP contribution in [-0.2, 0) is 11.3 Å². The summed E-state index contributed by atoms with van der Waals surface area (Å²) >= 11 is 12.1. The van der Waals surface area contributed by atoms with Gasteiger partial charge in [0.15, 0.2) is 6.10 Å². The van der Waals surface area contributed by atoms with E-state index >= 15 is 0 Å². The molecule has 1 fully saturated rings. The number of piperazine rings is 1. The minimum atomic E-state index is -1.54. The van der Waals surface area contributed by atoms with Crippen LogP contribution in [-0.4, -0.2) is 70.4 Å². The third-order valence-electron chi connectivity index (χ3n) is 8.28. The molecule has 0 saturated carbocycles. The molecule has 5 rings (SSSR count). The number of benzene rings is 4. The van der Waals surface area contributed by atoms with Crippen LogP contribution in [0.25, 0.3) is 10.8 Å². The van der Waals surface area contributed by atoms with Gasteiger partial charge >= 0.3 is 5.97 Å². The van der Waals surface area contributed by atoms with Crippen LogP contribution in [0.3, 0.4) is 0 Å². The molecule has 0 spiro atoms. The second-order valence-corrected chi connectivity index (χ2v) is 12.1. The lowest BCUT2D eigenvalue weighted by Crippen LogP contribution is -2.51. The van der Waals surface area contributed by atoms with Crippen molar-refractivity contribution in [3.8, 4) is 5.75 Å². The first-order chi connectivity index (χ1) is 21.7. The molecule has 1 aliphatic heterocycles. The van der Waals surface area contributed by atoms with E-state index in [1.807, 2.05) is 24.3 Å². The van der Waals surface area contributed by atoms with Crippen LogP contribution >= 0.6 is 23.2 Å². The van der Waals surface area contributed by atoms with Gasteiger partial charge in [-0.15, -0.1) is 0 Å². The standard InChI is InChI=1S/C28H35ClN2O2.C8H7ClO3/c1-3-4-10-25(31-17-15-30(16-18-31)20-21-8-6-5-7-9-21)28(32)23-11-13-24-22(19-23)12-14-26(33-2)27(24)29;9-6-4-2-1-3-5(6)7(10)8(11)12/h5-9,11-14,19,25,28,32H,3-4,10,15-18,20H2,1-2H3;1-4,7,10H,(H,11,12)/t25-,28-;7-/m10/s1. The van der Waals surface area contributed by atoms with Crippen molar-refractivity contribution in [3.63, 3.8) is 0 Å². The Bertz CT molecular complexity index is 1530. The van der Waals surface area contributed by atoms with Crippen LogP contribution in [0.5, 0.6) is 5.75 Å². The van der Waals surface area contributed by atoms with Crippen LogP contribution in [0.15, 0.2) is 84.9 Å². The highest BCUT2D eigenvalue weighted by Gasteiger charge is 2.30. The summed E-state index contributed by atoms with van der Waals surface area (Å²) in [7, 11) is 1.63. The summed E-state index contributed by atoms with van der Waals surface area (Å²) in [4.78, 5) is 15.4. The van der Waals surface area contributed by atoms with Gasteiger partial charge in [-0.05, 0) is 41.1 Å². The zero-order valence-electron chi connectivity index (χ0n) is 25.8. The van der Waals surface area contributed by atoms with Gasteiger partial charge in [0, 0.05) is 54.7 Å². The van der Waals surface area contributed by atoms with Crippen molar-refractivity contribution in [3.05, 3.63) is 112 Å². The minimum absolute atomic E-state index is 0.120. The predicted octanol–water partition coefficient (Wildman–Crippen LogP) is 7.37. The number of halogens is 2. The van der Waals surface area contributed by atoms with Crippen LogP contribution in [0.1, 0.15) is 55.1 Å². The summed E-state index contributed by atoms with van der Waals surface area (Å²) in [6.45, 7) is 7.22. The molecular formula is C36H42Cl2N2O5. The zero-order valence-corrected chi connectivity index (χ0v) is 27.3. The molecule has 3 N–H and O–H groups in total. The van der Waals surface area contributed by atoms with Gasteiger partial charge in [0.1, 0.15) is 5.75 Å². The van der Waals surface area contributed by atoms with Crippen molar-refractivity contribution in [2.45, 2.75) is 51.0 Å². The highest BCUT2D eigenvalue weighted by molar-refractivity contribution is 6.37. The quantitative estimate of drug-likeness (QED) is 0.156. The monoisotopic (exact) mass is 652 g/mol. The maximum atomic E-state index is 11.5. The Balaban J connectivity index is 0.000000323. The fraction of sp³-hybridized carbons (Fsp3) is 0.361. The van der Waals surface area contributed by atoms with Crippen LogP contribution in [0, 0.1) is 0 Å². The number of hydrogen-bond donors (Lipinski definition) is 3. The second kappa shape index (κ2) is 16.9. The first kappa shape index (κ1) is 34.7. The van der Waals surface area contributed by atoms with Gasteiger partial charge in [-0.3, -0.25) is 9.80 Å². The van der Waals surface area contributed by atoms with Crippen molar-refractivity contribution >= 4 is 39.9 Å². The number of nitrogens with zero attached hydrogens (tertiary/aromatic N) is 2. The molecule has 0 amide bonds. The topological polar surface area (TPSA) is 93.5 Å². The fourth-order valence-corrected chi connectivity index (χ4v) is 6.28. The van der Waals surface area contributed by atoms with Crippen LogP contribution in [0.2, 0.25) is 10.0 Å². The molecule has 7 nitrogen and oxygen atoms in total. The number of ether oxygens (including phenoxy) is 1. The minimum Gasteiger partial charge on any atom is -0.495 e. The summed E-state index contributed by atoms with van der Waals surface area (Å²) in [5.74, 6) is -0.630. The Labute approximate surface area is 275 Å². The summed E-state index contributed by atoms with van der Waals surface area (Å²) in [6.07, 6.45) is 1.17.